The van der Waals surface area contributed by atoms with Crippen LogP contribution in [0, 0.1) is 11.8 Å². The Hall–Kier alpha value is -2.19. The van der Waals surface area contributed by atoms with Gasteiger partial charge in [0.25, 0.3) is 0 Å². The van der Waals surface area contributed by atoms with Crippen molar-refractivity contribution in [3.8, 4) is 0 Å². The minimum absolute atomic E-state index is 0.0245. The number of carbonyl (C=O) groups excluding carboxylic acids is 3. The molecule has 1 aliphatic heterocycles. The lowest BCUT2D eigenvalue weighted by molar-refractivity contribution is -0.149. The third-order valence-corrected chi connectivity index (χ3v) is 6.45. The molecule has 0 aromatic heterocycles. The zero-order chi connectivity index (χ0) is 21.7. The summed E-state index contributed by atoms with van der Waals surface area (Å²) in [7, 11) is 1.38. The van der Waals surface area contributed by atoms with Gasteiger partial charge in [-0.1, -0.05) is 29.8 Å². The van der Waals surface area contributed by atoms with E-state index in [1.165, 1.54) is 7.11 Å². The van der Waals surface area contributed by atoms with Crippen LogP contribution in [-0.2, 0) is 25.7 Å². The molecule has 1 aromatic rings. The number of hydrogen-bond donors (Lipinski definition) is 2. The maximum atomic E-state index is 12.9. The molecule has 7 nitrogen and oxygen atoms in total. The molecule has 2 amide bonds. The van der Waals surface area contributed by atoms with Crippen molar-refractivity contribution in [1.29, 1.82) is 0 Å². The molecule has 2 N–H and O–H groups in total. The molecule has 2 aliphatic rings. The quantitative estimate of drug-likeness (QED) is 0.489. The summed E-state index contributed by atoms with van der Waals surface area (Å²) in [6, 6.07) is 7.22. The number of amides is 2. The van der Waals surface area contributed by atoms with E-state index < -0.39 is 0 Å². The highest BCUT2D eigenvalue weighted by molar-refractivity contribution is 7.80. The smallest absolute Gasteiger partial charge is 0.308 e. The number of ether oxygens (including phenoxy) is 1. The SMILES string of the molecule is COC(=O)C1CCC2C(=O)N(CCCC(=O)NCc3ccccc3Cl)C(=S)NC2C1. The van der Waals surface area contributed by atoms with E-state index in [0.717, 1.165) is 5.56 Å². The van der Waals surface area contributed by atoms with Crippen molar-refractivity contribution in [2.75, 3.05) is 13.7 Å². The van der Waals surface area contributed by atoms with Crippen molar-refractivity contribution in [3.63, 3.8) is 0 Å². The molecule has 30 heavy (non-hydrogen) atoms. The van der Waals surface area contributed by atoms with Gasteiger partial charge in [0.2, 0.25) is 11.8 Å². The molecule has 0 radical (unpaired) electrons. The van der Waals surface area contributed by atoms with Gasteiger partial charge < -0.3 is 15.4 Å². The van der Waals surface area contributed by atoms with Gasteiger partial charge in [-0.15, -0.1) is 0 Å². The van der Waals surface area contributed by atoms with Crippen LogP contribution in [0.3, 0.4) is 0 Å². The van der Waals surface area contributed by atoms with E-state index in [-0.39, 0.29) is 42.1 Å². The lowest BCUT2D eigenvalue weighted by Gasteiger charge is -2.43. The summed E-state index contributed by atoms with van der Waals surface area (Å²) in [5, 5.41) is 7.04. The molecule has 1 saturated carbocycles. The highest BCUT2D eigenvalue weighted by Crippen LogP contribution is 2.33. The van der Waals surface area contributed by atoms with E-state index in [0.29, 0.717) is 48.9 Å². The van der Waals surface area contributed by atoms with E-state index in [1.807, 2.05) is 18.2 Å². The first-order valence-electron chi connectivity index (χ1n) is 10.1. The van der Waals surface area contributed by atoms with Crippen LogP contribution >= 0.6 is 23.8 Å². The third kappa shape index (κ3) is 5.29. The van der Waals surface area contributed by atoms with Crippen molar-refractivity contribution in [2.24, 2.45) is 11.8 Å². The Morgan fingerprint density at radius 3 is 2.83 bits per heavy atom. The van der Waals surface area contributed by atoms with Crippen molar-refractivity contribution in [1.82, 2.24) is 15.5 Å². The predicted octanol–water partition coefficient (Wildman–Crippen LogP) is 2.41. The number of thiocarbonyl (C=S) groups is 1. The molecular formula is C21H26ClN3O4S. The summed E-state index contributed by atoms with van der Waals surface area (Å²) in [4.78, 5) is 38.4. The minimum Gasteiger partial charge on any atom is -0.469 e. The lowest BCUT2D eigenvalue weighted by Crippen LogP contribution is -2.61. The Kier molecular flexibility index (Phi) is 7.66. The zero-order valence-corrected chi connectivity index (χ0v) is 18.4. The normalized spacial score (nSPS) is 23.4. The molecule has 3 atom stereocenters. The van der Waals surface area contributed by atoms with Crippen molar-refractivity contribution in [3.05, 3.63) is 34.9 Å². The summed E-state index contributed by atoms with van der Waals surface area (Å²) >= 11 is 11.5. The van der Waals surface area contributed by atoms with Crippen LogP contribution in [0.1, 0.15) is 37.7 Å². The second-order valence-corrected chi connectivity index (χ2v) is 8.45. The fourth-order valence-corrected chi connectivity index (χ4v) is 4.61. The minimum atomic E-state index is -0.237. The Balaban J connectivity index is 1.45. The molecule has 1 heterocycles. The average molecular weight is 452 g/mol. The van der Waals surface area contributed by atoms with Gasteiger partial charge in [-0.2, -0.15) is 0 Å². The molecule has 0 spiro atoms. The first kappa shape index (κ1) is 22.5. The molecule has 1 aromatic carbocycles. The molecule has 1 saturated heterocycles. The first-order chi connectivity index (χ1) is 14.4. The standard InChI is InChI=1S/C21H26ClN3O4S/c1-29-20(28)13-8-9-15-17(11-13)24-21(30)25(19(15)27)10-4-7-18(26)23-12-14-5-2-3-6-16(14)22/h2-3,5-6,13,15,17H,4,7-12H2,1H3,(H,23,26)(H,24,30). The lowest BCUT2D eigenvalue weighted by atomic mass is 9.76. The van der Waals surface area contributed by atoms with Gasteiger partial charge in [0.1, 0.15) is 0 Å². The summed E-state index contributed by atoms with van der Waals surface area (Å²) in [5.74, 6) is -0.767. The average Bonchev–Trinajstić information content (AvgIpc) is 2.74. The number of rotatable bonds is 7. The maximum absolute atomic E-state index is 12.9. The van der Waals surface area contributed by atoms with Crippen LogP contribution in [0.25, 0.3) is 0 Å². The van der Waals surface area contributed by atoms with Gasteiger partial charge in [0.05, 0.1) is 18.9 Å². The largest absolute Gasteiger partial charge is 0.469 e. The Morgan fingerprint density at radius 2 is 2.10 bits per heavy atom. The van der Waals surface area contributed by atoms with E-state index in [4.69, 9.17) is 28.6 Å². The number of methoxy groups -OCH3 is 1. The highest BCUT2D eigenvalue weighted by atomic mass is 35.5. The molecule has 9 heteroatoms. The molecule has 1 aliphatic carbocycles. The molecular weight excluding hydrogens is 426 g/mol. The van der Waals surface area contributed by atoms with Gasteiger partial charge in [-0.25, -0.2) is 0 Å². The predicted molar refractivity (Wildman–Crippen MR) is 117 cm³/mol. The highest BCUT2D eigenvalue weighted by Gasteiger charge is 2.44. The van der Waals surface area contributed by atoms with Gasteiger partial charge in [0.15, 0.2) is 5.11 Å². The van der Waals surface area contributed by atoms with Gasteiger partial charge >= 0.3 is 5.97 Å². The van der Waals surface area contributed by atoms with Crippen LogP contribution in [0.15, 0.2) is 24.3 Å². The molecule has 3 rings (SSSR count). The Labute approximate surface area is 186 Å². The maximum Gasteiger partial charge on any atom is 0.308 e. The number of hydrogen-bond acceptors (Lipinski definition) is 5. The Bertz CT molecular complexity index is 834. The fraction of sp³-hybridized carbons (Fsp3) is 0.524. The van der Waals surface area contributed by atoms with Crippen molar-refractivity contribution >= 4 is 46.7 Å². The monoisotopic (exact) mass is 451 g/mol. The number of nitrogens with zero attached hydrogens (tertiary/aromatic N) is 1. The fourth-order valence-electron chi connectivity index (χ4n) is 4.08. The van der Waals surface area contributed by atoms with Crippen LogP contribution in [0.4, 0.5) is 0 Å². The second-order valence-electron chi connectivity index (χ2n) is 7.66. The molecule has 162 valence electrons. The molecule has 2 fully saturated rings. The number of esters is 1. The first-order valence-corrected chi connectivity index (χ1v) is 10.9. The third-order valence-electron chi connectivity index (χ3n) is 5.74. The van der Waals surface area contributed by atoms with Crippen LogP contribution < -0.4 is 10.6 Å². The van der Waals surface area contributed by atoms with Crippen molar-refractivity contribution in [2.45, 2.75) is 44.7 Å². The zero-order valence-electron chi connectivity index (χ0n) is 16.9. The van der Waals surface area contributed by atoms with E-state index in [1.54, 1.807) is 11.0 Å². The van der Waals surface area contributed by atoms with Gasteiger partial charge in [-0.05, 0) is 49.5 Å². The van der Waals surface area contributed by atoms with E-state index in [2.05, 4.69) is 10.6 Å². The van der Waals surface area contributed by atoms with Gasteiger partial charge in [0, 0.05) is 30.6 Å². The second kappa shape index (κ2) is 10.2. The number of nitrogens with one attached hydrogen (secondary N) is 2. The number of fused-ring (bicyclic) bond motifs is 1. The summed E-state index contributed by atoms with van der Waals surface area (Å²) in [6.07, 6.45) is 2.58. The van der Waals surface area contributed by atoms with Gasteiger partial charge in [-0.3, -0.25) is 19.3 Å². The van der Waals surface area contributed by atoms with Crippen LogP contribution in [0.5, 0.6) is 0 Å². The topological polar surface area (TPSA) is 87.7 Å². The van der Waals surface area contributed by atoms with Crippen molar-refractivity contribution < 1.29 is 19.1 Å². The summed E-state index contributed by atoms with van der Waals surface area (Å²) < 4.78 is 4.83. The number of halogens is 1. The molecule has 3 unspecified atom stereocenters. The van der Waals surface area contributed by atoms with Crippen LogP contribution in [0.2, 0.25) is 5.02 Å². The summed E-state index contributed by atoms with van der Waals surface area (Å²) in [6.45, 7) is 0.750. The van der Waals surface area contributed by atoms with Crippen LogP contribution in [-0.4, -0.2) is 47.5 Å². The summed E-state index contributed by atoms with van der Waals surface area (Å²) in [5.41, 5.74) is 0.859. The number of benzene rings is 1. The molecule has 0 bridgehead atoms. The van der Waals surface area contributed by atoms with E-state index >= 15 is 0 Å². The number of carbonyl (C=O) groups is 3. The van der Waals surface area contributed by atoms with E-state index in [9.17, 15) is 14.4 Å². The Morgan fingerprint density at radius 1 is 1.33 bits per heavy atom.